The van der Waals surface area contributed by atoms with Crippen LogP contribution in [0.2, 0.25) is 0 Å². The lowest BCUT2D eigenvalue weighted by Gasteiger charge is -2.09. The number of phenols is 2. The zero-order valence-electron chi connectivity index (χ0n) is 13.0. The Labute approximate surface area is 145 Å². The summed E-state index contributed by atoms with van der Waals surface area (Å²) < 4.78 is 25.1. The van der Waals surface area contributed by atoms with Gasteiger partial charge in [0.2, 0.25) is 5.43 Å². The molecule has 9 nitrogen and oxygen atoms in total. The molecule has 4 N–H and O–H groups in total. The molecule has 0 saturated carbocycles. The van der Waals surface area contributed by atoms with Gasteiger partial charge in [0, 0.05) is 12.1 Å². The summed E-state index contributed by atoms with van der Waals surface area (Å²) in [7, 11) is -4.62. The van der Waals surface area contributed by atoms with Gasteiger partial charge in [-0.15, -0.1) is 0 Å². The molecule has 0 saturated heterocycles. The lowest BCUT2D eigenvalue weighted by atomic mass is 10.0. The van der Waals surface area contributed by atoms with E-state index in [0.29, 0.717) is 5.56 Å². The Morgan fingerprint density at radius 1 is 1.08 bits per heavy atom. The molecule has 26 heavy (non-hydrogen) atoms. The number of ether oxygens (including phenoxy) is 1. The third-order valence-electron chi connectivity index (χ3n) is 3.45. The Bertz CT molecular complexity index is 1050. The van der Waals surface area contributed by atoms with Crippen LogP contribution in [0.4, 0.5) is 0 Å². The van der Waals surface area contributed by atoms with Crippen molar-refractivity contribution in [3.63, 3.8) is 0 Å². The van der Waals surface area contributed by atoms with E-state index in [9.17, 15) is 19.6 Å². The average Bonchev–Trinajstić information content (AvgIpc) is 2.54. The first-order valence-corrected chi connectivity index (χ1v) is 8.68. The number of fused-ring (bicyclic) bond motifs is 1. The molecule has 0 atom stereocenters. The highest BCUT2D eigenvalue weighted by Crippen LogP contribution is 2.35. The zero-order chi connectivity index (χ0) is 18.9. The Morgan fingerprint density at radius 3 is 2.42 bits per heavy atom. The van der Waals surface area contributed by atoms with Gasteiger partial charge in [-0.3, -0.25) is 4.79 Å². The second-order valence-corrected chi connectivity index (χ2v) is 6.46. The maximum Gasteiger partial charge on any atom is 0.472 e. The predicted molar refractivity (Wildman–Crippen MR) is 89.9 cm³/mol. The molecular formula is C16H13O9P. The minimum atomic E-state index is -4.62. The van der Waals surface area contributed by atoms with Crippen LogP contribution < -0.4 is 10.2 Å². The van der Waals surface area contributed by atoms with Crippen LogP contribution >= 0.6 is 7.82 Å². The molecule has 0 amide bonds. The first-order chi connectivity index (χ1) is 12.2. The monoisotopic (exact) mass is 380 g/mol. The summed E-state index contributed by atoms with van der Waals surface area (Å²) in [6, 6.07) is 8.27. The number of hydrogen-bond donors (Lipinski definition) is 4. The second-order valence-electron chi connectivity index (χ2n) is 5.22. The van der Waals surface area contributed by atoms with Crippen LogP contribution in [-0.2, 0) is 9.09 Å². The fourth-order valence-corrected chi connectivity index (χ4v) is 2.50. The third-order valence-corrected chi connectivity index (χ3v) is 3.90. The van der Waals surface area contributed by atoms with Crippen molar-refractivity contribution < 1.29 is 38.2 Å². The van der Waals surface area contributed by atoms with Crippen molar-refractivity contribution >= 4 is 18.8 Å². The molecule has 0 aliphatic heterocycles. The second kappa shape index (κ2) is 6.81. The standard InChI is InChI=1S/C16H13O9P/c17-10-5-13(18)15-14(6-10)23-7-12(16(15)19)9-1-3-11(4-2-9)24-8-25-26(20,21)22/h1-7,17-18H,8H2,(H2,20,21,22). The van der Waals surface area contributed by atoms with Crippen molar-refractivity contribution in [1.82, 2.24) is 0 Å². The van der Waals surface area contributed by atoms with Crippen LogP contribution in [0.1, 0.15) is 0 Å². The first-order valence-electron chi connectivity index (χ1n) is 7.15. The Morgan fingerprint density at radius 2 is 1.77 bits per heavy atom. The van der Waals surface area contributed by atoms with Gasteiger partial charge in [0.25, 0.3) is 0 Å². The lowest BCUT2D eigenvalue weighted by Crippen LogP contribution is -2.05. The van der Waals surface area contributed by atoms with Crippen molar-refractivity contribution in [3.8, 4) is 28.4 Å². The summed E-state index contributed by atoms with van der Waals surface area (Å²) in [4.78, 5) is 29.7. The van der Waals surface area contributed by atoms with Crippen LogP contribution in [0.15, 0.2) is 51.9 Å². The van der Waals surface area contributed by atoms with E-state index in [2.05, 4.69) is 4.52 Å². The van der Waals surface area contributed by atoms with Gasteiger partial charge in [0.05, 0.1) is 5.56 Å². The van der Waals surface area contributed by atoms with E-state index < -0.39 is 25.8 Å². The quantitative estimate of drug-likeness (QED) is 0.387. The van der Waals surface area contributed by atoms with E-state index in [-0.39, 0.29) is 28.0 Å². The summed E-state index contributed by atoms with van der Waals surface area (Å²) >= 11 is 0. The molecule has 0 fully saturated rings. The SMILES string of the molecule is O=c1c(-c2ccc(OCOP(=O)(O)O)cc2)coc2cc(O)cc(O)c12. The van der Waals surface area contributed by atoms with Gasteiger partial charge >= 0.3 is 7.82 Å². The normalized spacial score (nSPS) is 11.6. The molecule has 136 valence electrons. The number of phosphoric acid groups is 1. The minimum Gasteiger partial charge on any atom is -0.508 e. The molecule has 2 aromatic carbocycles. The highest BCUT2D eigenvalue weighted by atomic mass is 31.2. The predicted octanol–water partition coefficient (Wildman–Crippen LogP) is 2.32. The van der Waals surface area contributed by atoms with Gasteiger partial charge in [0.1, 0.15) is 34.5 Å². The smallest absolute Gasteiger partial charge is 0.472 e. The lowest BCUT2D eigenvalue weighted by molar-refractivity contribution is 0.0829. The zero-order valence-corrected chi connectivity index (χ0v) is 13.9. The molecule has 0 unspecified atom stereocenters. The van der Waals surface area contributed by atoms with E-state index >= 15 is 0 Å². The maximum atomic E-state index is 12.6. The van der Waals surface area contributed by atoms with Crippen molar-refractivity contribution in [1.29, 1.82) is 0 Å². The largest absolute Gasteiger partial charge is 0.508 e. The Hall–Kier alpha value is -2.84. The minimum absolute atomic E-state index is 0.0470. The van der Waals surface area contributed by atoms with Crippen molar-refractivity contribution in [2.45, 2.75) is 0 Å². The van der Waals surface area contributed by atoms with Crippen LogP contribution in [0, 0.1) is 0 Å². The molecule has 1 aromatic heterocycles. The van der Waals surface area contributed by atoms with Crippen molar-refractivity contribution in [2.75, 3.05) is 6.79 Å². The Kier molecular flexibility index (Phi) is 4.71. The van der Waals surface area contributed by atoms with Gasteiger partial charge in [-0.05, 0) is 17.7 Å². The van der Waals surface area contributed by atoms with Gasteiger partial charge in [-0.1, -0.05) is 12.1 Å². The van der Waals surface area contributed by atoms with Crippen LogP contribution in [-0.4, -0.2) is 26.8 Å². The highest BCUT2D eigenvalue weighted by Gasteiger charge is 2.15. The van der Waals surface area contributed by atoms with E-state index in [1.54, 1.807) is 0 Å². The molecular weight excluding hydrogens is 367 g/mol. The van der Waals surface area contributed by atoms with Gasteiger partial charge in [-0.25, -0.2) is 9.09 Å². The van der Waals surface area contributed by atoms with Crippen LogP contribution in [0.3, 0.4) is 0 Å². The molecule has 0 aliphatic rings. The number of phosphoric ester groups is 1. The Balaban J connectivity index is 1.89. The summed E-state index contributed by atoms with van der Waals surface area (Å²) in [6.45, 7) is -0.640. The highest BCUT2D eigenvalue weighted by molar-refractivity contribution is 7.46. The number of rotatable bonds is 5. The number of aromatic hydroxyl groups is 2. The summed E-state index contributed by atoms with van der Waals surface area (Å²) in [6.07, 6.45) is 1.20. The molecule has 0 radical (unpaired) electrons. The van der Waals surface area contributed by atoms with Crippen molar-refractivity contribution in [2.24, 2.45) is 0 Å². The van der Waals surface area contributed by atoms with Crippen LogP contribution in [0.25, 0.3) is 22.1 Å². The summed E-state index contributed by atoms with van der Waals surface area (Å²) in [5, 5.41) is 19.3. The number of hydrogen-bond acceptors (Lipinski definition) is 7. The maximum absolute atomic E-state index is 12.6. The summed E-state index contributed by atoms with van der Waals surface area (Å²) in [5.41, 5.74) is 0.209. The third kappa shape index (κ3) is 3.87. The van der Waals surface area contributed by atoms with Gasteiger partial charge < -0.3 is 29.2 Å². The van der Waals surface area contributed by atoms with E-state index in [0.717, 1.165) is 6.07 Å². The van der Waals surface area contributed by atoms with E-state index in [1.165, 1.54) is 36.6 Å². The molecule has 0 aliphatic carbocycles. The fourth-order valence-electron chi connectivity index (χ4n) is 2.31. The topological polar surface area (TPSA) is 147 Å². The number of phenolic OH excluding ortho intramolecular Hbond substituents is 2. The van der Waals surface area contributed by atoms with E-state index in [4.69, 9.17) is 18.9 Å². The summed E-state index contributed by atoms with van der Waals surface area (Å²) in [5.74, 6) is -0.366. The molecule has 1 heterocycles. The molecule has 3 aromatic rings. The van der Waals surface area contributed by atoms with E-state index in [1.807, 2.05) is 0 Å². The number of benzene rings is 2. The molecule has 0 spiro atoms. The van der Waals surface area contributed by atoms with Gasteiger partial charge in [0.15, 0.2) is 6.79 Å². The molecule has 10 heteroatoms. The first kappa shape index (κ1) is 18.0. The molecule has 0 bridgehead atoms. The fraction of sp³-hybridized carbons (Fsp3) is 0.0625. The molecule has 3 rings (SSSR count). The van der Waals surface area contributed by atoms with Crippen LogP contribution in [0.5, 0.6) is 17.2 Å². The average molecular weight is 380 g/mol. The van der Waals surface area contributed by atoms with Gasteiger partial charge in [-0.2, -0.15) is 0 Å². The van der Waals surface area contributed by atoms with Crippen molar-refractivity contribution in [3.05, 3.63) is 52.9 Å².